The summed E-state index contributed by atoms with van der Waals surface area (Å²) in [7, 11) is 0. The van der Waals surface area contributed by atoms with Gasteiger partial charge in [-0.1, -0.05) is 13.3 Å². The Morgan fingerprint density at radius 1 is 1.31 bits per heavy atom. The molecule has 13 heavy (non-hydrogen) atoms. The van der Waals surface area contributed by atoms with Crippen molar-refractivity contribution in [2.24, 2.45) is 5.92 Å². The molecule has 0 amide bonds. The van der Waals surface area contributed by atoms with Crippen molar-refractivity contribution in [3.8, 4) is 0 Å². The molecule has 0 aromatic carbocycles. The van der Waals surface area contributed by atoms with Gasteiger partial charge in [0.05, 0.1) is 0 Å². The van der Waals surface area contributed by atoms with Gasteiger partial charge in [-0.2, -0.15) is 12.6 Å². The first kappa shape index (κ1) is 11.4. The number of thiol groups is 1. The van der Waals surface area contributed by atoms with Crippen LogP contribution in [-0.2, 0) is 0 Å². The third kappa shape index (κ3) is 4.37. The van der Waals surface area contributed by atoms with Crippen LogP contribution in [0.2, 0.25) is 0 Å². The number of hydrogen-bond acceptors (Lipinski definition) is 2. The van der Waals surface area contributed by atoms with Crippen molar-refractivity contribution in [1.29, 1.82) is 0 Å². The van der Waals surface area contributed by atoms with E-state index >= 15 is 0 Å². The van der Waals surface area contributed by atoms with Gasteiger partial charge in [-0.25, -0.2) is 0 Å². The molecule has 1 aliphatic rings. The molecule has 0 unspecified atom stereocenters. The quantitative estimate of drug-likeness (QED) is 0.687. The lowest BCUT2D eigenvalue weighted by atomic mass is 9.94. The van der Waals surface area contributed by atoms with Crippen molar-refractivity contribution in [2.45, 2.75) is 44.8 Å². The highest BCUT2D eigenvalue weighted by atomic mass is 32.1. The van der Waals surface area contributed by atoms with E-state index in [1.165, 1.54) is 32.4 Å². The Bertz CT molecular complexity index is 143. The molecule has 78 valence electrons. The van der Waals surface area contributed by atoms with E-state index in [2.05, 4.69) is 38.3 Å². The third-order valence-electron chi connectivity index (χ3n) is 2.90. The molecule has 0 aliphatic carbocycles. The molecule has 0 radical (unpaired) electrons. The van der Waals surface area contributed by atoms with Gasteiger partial charge in [0.2, 0.25) is 0 Å². The fourth-order valence-corrected chi connectivity index (χ4v) is 2.30. The van der Waals surface area contributed by atoms with E-state index in [-0.39, 0.29) is 4.75 Å². The molecule has 0 bridgehead atoms. The van der Waals surface area contributed by atoms with Crippen molar-refractivity contribution in [1.82, 2.24) is 4.90 Å². The fraction of sp³-hybridized carbons (Fsp3) is 1.00. The molecule has 0 aromatic heterocycles. The van der Waals surface area contributed by atoms with Crippen LogP contribution >= 0.6 is 12.6 Å². The largest absolute Gasteiger partial charge is 0.302 e. The minimum atomic E-state index is 0.166. The highest BCUT2D eigenvalue weighted by molar-refractivity contribution is 7.81. The molecular weight excluding hydrogens is 178 g/mol. The Morgan fingerprint density at radius 2 is 1.85 bits per heavy atom. The van der Waals surface area contributed by atoms with Crippen LogP contribution in [0.15, 0.2) is 0 Å². The molecule has 1 heterocycles. The van der Waals surface area contributed by atoms with E-state index in [0.29, 0.717) is 0 Å². The predicted molar refractivity (Wildman–Crippen MR) is 62.5 cm³/mol. The van der Waals surface area contributed by atoms with Crippen LogP contribution < -0.4 is 0 Å². The van der Waals surface area contributed by atoms with Gasteiger partial charge in [-0.05, 0) is 45.7 Å². The number of piperidine rings is 1. The van der Waals surface area contributed by atoms with Crippen molar-refractivity contribution in [3.63, 3.8) is 0 Å². The second-order valence-electron chi connectivity index (χ2n) is 4.94. The molecule has 1 fully saturated rings. The minimum absolute atomic E-state index is 0.166. The lowest BCUT2D eigenvalue weighted by Gasteiger charge is -2.35. The second-order valence-corrected chi connectivity index (χ2v) is 6.15. The van der Waals surface area contributed by atoms with E-state index < -0.39 is 0 Å². The summed E-state index contributed by atoms with van der Waals surface area (Å²) in [5.74, 6) is 0.985. The van der Waals surface area contributed by atoms with Gasteiger partial charge in [0.15, 0.2) is 0 Å². The van der Waals surface area contributed by atoms with Gasteiger partial charge in [0, 0.05) is 11.3 Å². The predicted octanol–water partition coefficient (Wildman–Crippen LogP) is 2.82. The number of hydrogen-bond donors (Lipinski definition) is 1. The minimum Gasteiger partial charge on any atom is -0.302 e. The first-order valence-electron chi connectivity index (χ1n) is 5.46. The van der Waals surface area contributed by atoms with Gasteiger partial charge in [0.1, 0.15) is 0 Å². The lowest BCUT2D eigenvalue weighted by Crippen LogP contribution is -2.40. The van der Waals surface area contributed by atoms with E-state index in [0.717, 1.165) is 12.5 Å². The molecule has 0 saturated carbocycles. The molecule has 0 spiro atoms. The summed E-state index contributed by atoms with van der Waals surface area (Å²) in [5, 5.41) is 0. The smallest absolute Gasteiger partial charge is 0.0200 e. The van der Waals surface area contributed by atoms with Crippen molar-refractivity contribution < 1.29 is 0 Å². The monoisotopic (exact) mass is 201 g/mol. The highest BCUT2D eigenvalue weighted by Crippen LogP contribution is 2.22. The fourth-order valence-electron chi connectivity index (χ4n) is 2.10. The molecule has 1 saturated heterocycles. The number of rotatable bonds is 3. The normalized spacial score (nSPS) is 22.2. The van der Waals surface area contributed by atoms with Crippen LogP contribution in [0, 0.1) is 5.92 Å². The van der Waals surface area contributed by atoms with Crippen molar-refractivity contribution >= 4 is 12.6 Å². The Hall–Kier alpha value is 0.310. The Labute approximate surface area is 88.3 Å². The van der Waals surface area contributed by atoms with Crippen LogP contribution in [0.4, 0.5) is 0 Å². The van der Waals surface area contributed by atoms with E-state index in [4.69, 9.17) is 0 Å². The first-order valence-corrected chi connectivity index (χ1v) is 5.90. The summed E-state index contributed by atoms with van der Waals surface area (Å²) in [6, 6.07) is 0. The first-order chi connectivity index (χ1) is 6.01. The summed E-state index contributed by atoms with van der Waals surface area (Å²) >= 11 is 4.57. The summed E-state index contributed by atoms with van der Waals surface area (Å²) < 4.78 is 0.166. The molecule has 1 aliphatic heterocycles. The third-order valence-corrected chi connectivity index (χ3v) is 3.04. The van der Waals surface area contributed by atoms with E-state index in [1.807, 2.05) is 0 Å². The summed E-state index contributed by atoms with van der Waals surface area (Å²) in [6.07, 6.45) is 4.14. The van der Waals surface area contributed by atoms with E-state index in [1.54, 1.807) is 0 Å². The summed E-state index contributed by atoms with van der Waals surface area (Å²) in [5.41, 5.74) is 0. The lowest BCUT2D eigenvalue weighted by molar-refractivity contribution is 0.172. The Morgan fingerprint density at radius 3 is 2.23 bits per heavy atom. The average Bonchev–Trinajstić information content (AvgIpc) is 2.03. The summed E-state index contributed by atoms with van der Waals surface area (Å²) in [6.45, 7) is 10.4. The van der Waals surface area contributed by atoms with Crippen LogP contribution in [-0.4, -0.2) is 29.3 Å². The van der Waals surface area contributed by atoms with Crippen LogP contribution in [0.5, 0.6) is 0 Å². The zero-order valence-corrected chi connectivity index (χ0v) is 10.1. The van der Waals surface area contributed by atoms with Crippen LogP contribution in [0.3, 0.4) is 0 Å². The molecule has 1 nitrogen and oxygen atoms in total. The maximum Gasteiger partial charge on any atom is 0.0200 e. The van der Waals surface area contributed by atoms with Gasteiger partial charge in [-0.15, -0.1) is 0 Å². The Balaban J connectivity index is 2.25. The van der Waals surface area contributed by atoms with Gasteiger partial charge < -0.3 is 4.90 Å². The van der Waals surface area contributed by atoms with E-state index in [9.17, 15) is 0 Å². The molecule has 0 N–H and O–H groups in total. The topological polar surface area (TPSA) is 3.24 Å². The number of likely N-dealkylation sites (tertiary alicyclic amines) is 1. The van der Waals surface area contributed by atoms with Gasteiger partial charge in [0.25, 0.3) is 0 Å². The maximum atomic E-state index is 4.57. The van der Waals surface area contributed by atoms with Crippen molar-refractivity contribution in [2.75, 3.05) is 19.6 Å². The Kier molecular flexibility index (Phi) is 4.11. The zero-order valence-electron chi connectivity index (χ0n) is 9.21. The van der Waals surface area contributed by atoms with Crippen molar-refractivity contribution in [3.05, 3.63) is 0 Å². The molecule has 0 aromatic rings. The van der Waals surface area contributed by atoms with Crippen LogP contribution in [0.25, 0.3) is 0 Å². The van der Waals surface area contributed by atoms with Gasteiger partial charge in [-0.3, -0.25) is 0 Å². The van der Waals surface area contributed by atoms with Gasteiger partial charge >= 0.3 is 0 Å². The summed E-state index contributed by atoms with van der Waals surface area (Å²) in [4.78, 5) is 2.55. The highest BCUT2D eigenvalue weighted by Gasteiger charge is 2.22. The second kappa shape index (κ2) is 4.70. The molecule has 2 heteroatoms. The molecular formula is C11H23NS. The standard InChI is InChI=1S/C11H23NS/c1-4-10-5-7-12(8-6-10)9-11(2,3)13/h10,13H,4-9H2,1-3H3. The van der Waals surface area contributed by atoms with Crippen LogP contribution in [0.1, 0.15) is 40.0 Å². The number of nitrogens with zero attached hydrogens (tertiary/aromatic N) is 1. The molecule has 1 rings (SSSR count). The maximum absolute atomic E-state index is 4.57. The zero-order chi connectivity index (χ0) is 9.90. The SMILES string of the molecule is CCC1CCN(CC(C)(C)S)CC1. The average molecular weight is 201 g/mol. The molecule has 0 atom stereocenters.